The van der Waals surface area contributed by atoms with E-state index in [-0.39, 0.29) is 5.57 Å². The van der Waals surface area contributed by atoms with Gasteiger partial charge in [0.1, 0.15) is 5.57 Å². The molecule has 0 spiro atoms. The van der Waals surface area contributed by atoms with Crippen molar-refractivity contribution in [1.82, 2.24) is 10.2 Å². The SMILES string of the molecule is CCCCN1C(=O)NC(=O)/C(=C\c2ccc3c(c2)CCCN3CCC)C1=O. The molecule has 3 rings (SSSR count). The lowest BCUT2D eigenvalue weighted by Crippen LogP contribution is -2.54. The lowest BCUT2D eigenvalue weighted by molar-refractivity contribution is -0.130. The molecule has 2 aliphatic rings. The first-order chi connectivity index (χ1) is 13.0. The minimum atomic E-state index is -0.628. The molecule has 0 saturated carbocycles. The number of unbranched alkanes of at least 4 members (excludes halogenated alkanes) is 1. The number of hydrogen-bond donors (Lipinski definition) is 1. The van der Waals surface area contributed by atoms with Crippen LogP contribution >= 0.6 is 0 Å². The number of carbonyl (C=O) groups excluding carboxylic acids is 3. The fraction of sp³-hybridized carbons (Fsp3) is 0.476. The minimum Gasteiger partial charge on any atom is -0.371 e. The highest BCUT2D eigenvalue weighted by molar-refractivity contribution is 6.31. The molecule has 0 atom stereocenters. The van der Waals surface area contributed by atoms with E-state index in [9.17, 15) is 14.4 Å². The fourth-order valence-electron chi connectivity index (χ4n) is 3.67. The van der Waals surface area contributed by atoms with E-state index < -0.39 is 17.8 Å². The molecule has 6 heteroatoms. The van der Waals surface area contributed by atoms with Gasteiger partial charge in [0, 0.05) is 25.3 Å². The summed E-state index contributed by atoms with van der Waals surface area (Å²) in [6.07, 6.45) is 6.37. The Balaban J connectivity index is 1.87. The molecule has 0 aliphatic carbocycles. The molecular formula is C21H27N3O3. The van der Waals surface area contributed by atoms with Gasteiger partial charge in [-0.2, -0.15) is 0 Å². The van der Waals surface area contributed by atoms with E-state index in [0.29, 0.717) is 13.0 Å². The third-order valence-corrected chi connectivity index (χ3v) is 5.04. The first-order valence-corrected chi connectivity index (χ1v) is 9.82. The summed E-state index contributed by atoms with van der Waals surface area (Å²) in [6.45, 7) is 6.58. The zero-order chi connectivity index (χ0) is 19.4. The Labute approximate surface area is 160 Å². The number of nitrogens with one attached hydrogen (secondary N) is 1. The van der Waals surface area contributed by atoms with Gasteiger partial charge < -0.3 is 4.90 Å². The van der Waals surface area contributed by atoms with Crippen LogP contribution in [0, 0.1) is 0 Å². The predicted octanol–water partition coefficient (Wildman–Crippen LogP) is 3.11. The van der Waals surface area contributed by atoms with Crippen LogP contribution in [0.3, 0.4) is 0 Å². The van der Waals surface area contributed by atoms with Crippen LogP contribution in [0.15, 0.2) is 23.8 Å². The molecule has 0 aromatic heterocycles. The summed E-state index contributed by atoms with van der Waals surface area (Å²) in [5, 5.41) is 2.28. The second kappa shape index (κ2) is 8.37. The van der Waals surface area contributed by atoms with Crippen molar-refractivity contribution >= 4 is 29.6 Å². The van der Waals surface area contributed by atoms with Crippen molar-refractivity contribution in [1.29, 1.82) is 0 Å². The first-order valence-electron chi connectivity index (χ1n) is 9.82. The maximum Gasteiger partial charge on any atom is 0.331 e. The summed E-state index contributed by atoms with van der Waals surface area (Å²) in [4.78, 5) is 40.3. The van der Waals surface area contributed by atoms with Gasteiger partial charge in [0.05, 0.1) is 0 Å². The molecule has 4 amide bonds. The molecule has 2 heterocycles. The van der Waals surface area contributed by atoms with Crippen LogP contribution in [0.5, 0.6) is 0 Å². The summed E-state index contributed by atoms with van der Waals surface area (Å²) < 4.78 is 0. The van der Waals surface area contributed by atoms with E-state index in [2.05, 4.69) is 29.3 Å². The smallest absolute Gasteiger partial charge is 0.331 e. The summed E-state index contributed by atoms with van der Waals surface area (Å²) in [7, 11) is 0. The van der Waals surface area contributed by atoms with E-state index >= 15 is 0 Å². The van der Waals surface area contributed by atoms with Crippen LogP contribution in [-0.4, -0.2) is 42.4 Å². The van der Waals surface area contributed by atoms with Gasteiger partial charge in [0.15, 0.2) is 0 Å². The van der Waals surface area contributed by atoms with Crippen LogP contribution in [0.4, 0.5) is 10.5 Å². The van der Waals surface area contributed by atoms with Crippen molar-refractivity contribution in [2.75, 3.05) is 24.5 Å². The molecule has 1 N–H and O–H groups in total. The van der Waals surface area contributed by atoms with Gasteiger partial charge in [0.2, 0.25) is 0 Å². The van der Waals surface area contributed by atoms with Gasteiger partial charge >= 0.3 is 6.03 Å². The molecule has 0 bridgehead atoms. The Morgan fingerprint density at radius 2 is 1.93 bits per heavy atom. The van der Waals surface area contributed by atoms with Crippen LogP contribution in [0.25, 0.3) is 6.08 Å². The summed E-state index contributed by atoms with van der Waals surface area (Å²) >= 11 is 0. The minimum absolute atomic E-state index is 0.0203. The number of fused-ring (bicyclic) bond motifs is 1. The lowest BCUT2D eigenvalue weighted by Gasteiger charge is -2.31. The van der Waals surface area contributed by atoms with Crippen molar-refractivity contribution in [2.45, 2.75) is 46.0 Å². The van der Waals surface area contributed by atoms with E-state index in [1.54, 1.807) is 6.08 Å². The molecule has 0 radical (unpaired) electrons. The van der Waals surface area contributed by atoms with E-state index in [4.69, 9.17) is 0 Å². The number of urea groups is 1. The molecule has 1 aromatic carbocycles. The maximum absolute atomic E-state index is 12.7. The van der Waals surface area contributed by atoms with Gasteiger partial charge in [-0.1, -0.05) is 26.3 Å². The highest BCUT2D eigenvalue weighted by Crippen LogP contribution is 2.29. The van der Waals surface area contributed by atoms with E-state index in [1.165, 1.54) is 11.3 Å². The normalized spacial score (nSPS) is 18.7. The van der Waals surface area contributed by atoms with Crippen LogP contribution in [-0.2, 0) is 16.0 Å². The molecule has 2 aliphatic heterocycles. The third-order valence-electron chi connectivity index (χ3n) is 5.04. The largest absolute Gasteiger partial charge is 0.371 e. The van der Waals surface area contributed by atoms with Gasteiger partial charge in [-0.05, 0) is 55.0 Å². The van der Waals surface area contributed by atoms with Crippen molar-refractivity contribution in [3.05, 3.63) is 34.9 Å². The number of nitrogens with zero attached hydrogens (tertiary/aromatic N) is 2. The Bertz CT molecular complexity index is 785. The molecule has 27 heavy (non-hydrogen) atoms. The number of aryl methyl sites for hydroxylation is 1. The molecule has 1 fully saturated rings. The van der Waals surface area contributed by atoms with E-state index in [0.717, 1.165) is 49.2 Å². The summed E-state index contributed by atoms with van der Waals surface area (Å²) in [5.74, 6) is -1.13. The lowest BCUT2D eigenvalue weighted by atomic mass is 9.97. The zero-order valence-electron chi connectivity index (χ0n) is 16.1. The van der Waals surface area contributed by atoms with Gasteiger partial charge in [-0.3, -0.25) is 19.8 Å². The number of hydrogen-bond acceptors (Lipinski definition) is 4. The van der Waals surface area contributed by atoms with Gasteiger partial charge in [0.25, 0.3) is 11.8 Å². The van der Waals surface area contributed by atoms with Crippen LogP contribution in [0.1, 0.15) is 50.7 Å². The number of benzene rings is 1. The second-order valence-electron chi connectivity index (χ2n) is 7.11. The highest BCUT2D eigenvalue weighted by atomic mass is 16.2. The highest BCUT2D eigenvalue weighted by Gasteiger charge is 2.35. The Morgan fingerprint density at radius 3 is 2.67 bits per heavy atom. The number of carbonyl (C=O) groups is 3. The molecule has 0 unspecified atom stereocenters. The quantitative estimate of drug-likeness (QED) is 0.618. The molecule has 1 saturated heterocycles. The Morgan fingerprint density at radius 1 is 1.11 bits per heavy atom. The zero-order valence-corrected chi connectivity index (χ0v) is 16.1. The van der Waals surface area contributed by atoms with E-state index in [1.807, 2.05) is 13.0 Å². The van der Waals surface area contributed by atoms with Crippen molar-refractivity contribution < 1.29 is 14.4 Å². The van der Waals surface area contributed by atoms with Crippen LogP contribution < -0.4 is 10.2 Å². The molecule has 1 aromatic rings. The number of amides is 4. The van der Waals surface area contributed by atoms with Crippen molar-refractivity contribution in [2.24, 2.45) is 0 Å². The summed E-state index contributed by atoms with van der Waals surface area (Å²) in [5.41, 5.74) is 3.32. The standard InChI is InChI=1S/C21H27N3O3/c1-3-5-12-24-20(26)17(19(25)22-21(24)27)14-15-8-9-18-16(13-15)7-6-11-23(18)10-4-2/h8-9,13-14H,3-7,10-12H2,1-2H3,(H,22,25,27)/b17-14+. The molecule has 144 valence electrons. The summed E-state index contributed by atoms with van der Waals surface area (Å²) in [6, 6.07) is 5.43. The third kappa shape index (κ3) is 4.04. The second-order valence-corrected chi connectivity index (χ2v) is 7.11. The van der Waals surface area contributed by atoms with Gasteiger partial charge in [-0.15, -0.1) is 0 Å². The monoisotopic (exact) mass is 369 g/mol. The number of imide groups is 2. The number of rotatable bonds is 6. The van der Waals surface area contributed by atoms with Crippen molar-refractivity contribution in [3.8, 4) is 0 Å². The Kier molecular flexibility index (Phi) is 5.94. The van der Waals surface area contributed by atoms with Crippen molar-refractivity contribution in [3.63, 3.8) is 0 Å². The van der Waals surface area contributed by atoms with Crippen LogP contribution in [0.2, 0.25) is 0 Å². The fourth-order valence-corrected chi connectivity index (χ4v) is 3.67. The Hall–Kier alpha value is -2.63. The van der Waals surface area contributed by atoms with Gasteiger partial charge in [-0.25, -0.2) is 4.79 Å². The number of barbiturate groups is 1. The average Bonchev–Trinajstić information content (AvgIpc) is 2.65. The topological polar surface area (TPSA) is 69.7 Å². The molecular weight excluding hydrogens is 342 g/mol. The molecule has 6 nitrogen and oxygen atoms in total. The average molecular weight is 369 g/mol. The number of anilines is 1. The maximum atomic E-state index is 12.7. The predicted molar refractivity (Wildman–Crippen MR) is 105 cm³/mol. The first kappa shape index (κ1) is 19.1.